The third-order valence-electron chi connectivity index (χ3n) is 5.34. The van der Waals surface area contributed by atoms with E-state index in [0.29, 0.717) is 5.92 Å². The Labute approximate surface area is 164 Å². The molecule has 3 rings (SSSR count). The Morgan fingerprint density at radius 2 is 1.96 bits per heavy atom. The first-order valence-electron chi connectivity index (χ1n) is 9.30. The summed E-state index contributed by atoms with van der Waals surface area (Å²) < 4.78 is 0. The highest BCUT2D eigenvalue weighted by Crippen LogP contribution is 2.39. The van der Waals surface area contributed by atoms with Crippen LogP contribution in [0.3, 0.4) is 0 Å². The Morgan fingerprint density at radius 3 is 2.54 bits per heavy atom. The predicted octanol–water partition coefficient (Wildman–Crippen LogP) is 3.49. The van der Waals surface area contributed by atoms with E-state index in [1.807, 2.05) is 19.1 Å². The van der Waals surface area contributed by atoms with Crippen molar-refractivity contribution in [2.24, 2.45) is 10.9 Å². The Morgan fingerprint density at radius 1 is 1.29 bits per heavy atom. The van der Waals surface area contributed by atoms with Gasteiger partial charge in [0.1, 0.15) is 6.61 Å². The molecule has 2 aromatic rings. The van der Waals surface area contributed by atoms with Gasteiger partial charge in [0.25, 0.3) is 5.69 Å². The second kappa shape index (κ2) is 8.50. The lowest BCUT2D eigenvalue weighted by molar-refractivity contribution is -0.384. The van der Waals surface area contributed by atoms with Gasteiger partial charge < -0.3 is 15.7 Å². The van der Waals surface area contributed by atoms with E-state index in [4.69, 9.17) is 10.6 Å². The van der Waals surface area contributed by atoms with Crippen LogP contribution in [-0.2, 0) is 11.4 Å². The molecule has 0 unspecified atom stereocenters. The molecule has 0 aromatic heterocycles. The molecule has 1 saturated carbocycles. The quantitative estimate of drug-likeness (QED) is 0.432. The maximum Gasteiger partial charge on any atom is 0.269 e. The van der Waals surface area contributed by atoms with Crippen molar-refractivity contribution in [3.63, 3.8) is 0 Å². The molecular weight excluding hydrogens is 358 g/mol. The first-order chi connectivity index (χ1) is 13.4. The minimum atomic E-state index is -0.452. The summed E-state index contributed by atoms with van der Waals surface area (Å²) in [7, 11) is 0. The van der Waals surface area contributed by atoms with Crippen LogP contribution in [0.4, 0.5) is 5.69 Å². The maximum absolute atomic E-state index is 10.7. The third-order valence-corrected chi connectivity index (χ3v) is 5.34. The minimum absolute atomic E-state index is 0.0272. The first-order valence-corrected chi connectivity index (χ1v) is 9.30. The van der Waals surface area contributed by atoms with E-state index in [9.17, 15) is 15.2 Å². The fourth-order valence-corrected chi connectivity index (χ4v) is 3.55. The number of nitrogens with zero attached hydrogens (tertiary/aromatic N) is 2. The molecule has 1 fully saturated rings. The zero-order chi connectivity index (χ0) is 20.1. The lowest BCUT2D eigenvalue weighted by atomic mass is 9.93. The normalized spacial score (nSPS) is 22.2. The molecule has 3 N–H and O–H groups in total. The van der Waals surface area contributed by atoms with Gasteiger partial charge in [-0.25, -0.2) is 0 Å². The SMILES string of the molecule is C/C(=N\OCc1ccc([N+](=O)[O-])cc1)c1ccc([C@@H]2CC[C@](N)(CO)C2)cc1. The molecule has 0 aliphatic heterocycles. The monoisotopic (exact) mass is 383 g/mol. The van der Waals surface area contributed by atoms with E-state index in [1.54, 1.807) is 12.1 Å². The fraction of sp³-hybridized carbons (Fsp3) is 0.381. The lowest BCUT2D eigenvalue weighted by Gasteiger charge is -2.20. The van der Waals surface area contributed by atoms with Gasteiger partial charge in [-0.2, -0.15) is 0 Å². The molecule has 148 valence electrons. The highest BCUT2D eigenvalue weighted by Gasteiger charge is 2.35. The van der Waals surface area contributed by atoms with Gasteiger partial charge in [0, 0.05) is 17.7 Å². The number of hydrogen-bond acceptors (Lipinski definition) is 6. The molecule has 0 saturated heterocycles. The van der Waals surface area contributed by atoms with Gasteiger partial charge in [-0.15, -0.1) is 0 Å². The van der Waals surface area contributed by atoms with E-state index in [0.717, 1.165) is 36.1 Å². The van der Waals surface area contributed by atoms with Crippen LogP contribution < -0.4 is 5.73 Å². The highest BCUT2D eigenvalue weighted by molar-refractivity contribution is 5.98. The average molecular weight is 383 g/mol. The van der Waals surface area contributed by atoms with Crippen LogP contribution in [0.5, 0.6) is 0 Å². The van der Waals surface area contributed by atoms with E-state index >= 15 is 0 Å². The van der Waals surface area contributed by atoms with Gasteiger partial charge in [-0.05, 0) is 60.9 Å². The fourth-order valence-electron chi connectivity index (χ4n) is 3.55. The Balaban J connectivity index is 1.56. The number of aliphatic hydroxyl groups is 1. The zero-order valence-electron chi connectivity index (χ0n) is 15.9. The molecule has 2 aromatic carbocycles. The second-order valence-corrected chi connectivity index (χ2v) is 7.46. The van der Waals surface area contributed by atoms with E-state index in [2.05, 4.69) is 17.3 Å². The van der Waals surface area contributed by atoms with Crippen LogP contribution in [0.15, 0.2) is 53.7 Å². The van der Waals surface area contributed by atoms with E-state index in [1.165, 1.54) is 17.7 Å². The standard InChI is InChI=1S/C21H25N3O4/c1-15(23-28-13-16-2-8-20(9-3-16)24(26)27)17-4-6-18(7-5-17)19-10-11-21(22,12-19)14-25/h2-9,19,25H,10-14,22H2,1H3/b23-15+/t19-,21-/m1/s1. The number of nitrogens with two attached hydrogens (primary N) is 1. The predicted molar refractivity (Wildman–Crippen MR) is 107 cm³/mol. The van der Waals surface area contributed by atoms with Crippen LogP contribution in [0, 0.1) is 10.1 Å². The van der Waals surface area contributed by atoms with Crippen LogP contribution in [0.25, 0.3) is 0 Å². The largest absolute Gasteiger partial charge is 0.394 e. The summed E-state index contributed by atoms with van der Waals surface area (Å²) in [6.45, 7) is 2.14. The summed E-state index contributed by atoms with van der Waals surface area (Å²) in [5, 5.41) is 24.2. The number of benzene rings is 2. The molecule has 0 spiro atoms. The molecule has 2 atom stereocenters. The molecular formula is C21H25N3O4. The number of rotatable bonds is 7. The summed E-state index contributed by atoms with van der Waals surface area (Å²) in [6, 6.07) is 14.4. The first kappa shape index (κ1) is 20.0. The molecule has 1 aliphatic carbocycles. The van der Waals surface area contributed by atoms with E-state index in [-0.39, 0.29) is 18.9 Å². The summed E-state index contributed by atoms with van der Waals surface area (Å²) in [6.07, 6.45) is 2.63. The van der Waals surface area contributed by atoms with Gasteiger partial charge in [-0.3, -0.25) is 10.1 Å². The van der Waals surface area contributed by atoms with Crippen LogP contribution in [-0.4, -0.2) is 27.9 Å². The van der Waals surface area contributed by atoms with Crippen molar-refractivity contribution in [3.05, 3.63) is 75.3 Å². The van der Waals surface area contributed by atoms with Crippen molar-refractivity contribution in [2.45, 2.75) is 44.2 Å². The topological polar surface area (TPSA) is 111 Å². The molecule has 0 bridgehead atoms. The molecule has 28 heavy (non-hydrogen) atoms. The molecule has 0 heterocycles. The van der Waals surface area contributed by atoms with Crippen molar-refractivity contribution in [2.75, 3.05) is 6.61 Å². The molecule has 1 aliphatic rings. The highest BCUT2D eigenvalue weighted by atomic mass is 16.6. The van der Waals surface area contributed by atoms with Gasteiger partial charge in [0.15, 0.2) is 0 Å². The van der Waals surface area contributed by atoms with Crippen molar-refractivity contribution in [1.29, 1.82) is 0 Å². The van der Waals surface area contributed by atoms with Crippen molar-refractivity contribution in [1.82, 2.24) is 0 Å². The van der Waals surface area contributed by atoms with Gasteiger partial charge in [0.05, 0.1) is 17.2 Å². The Hall–Kier alpha value is -2.77. The molecule has 7 heteroatoms. The van der Waals surface area contributed by atoms with Crippen LogP contribution >= 0.6 is 0 Å². The van der Waals surface area contributed by atoms with Crippen LogP contribution in [0.2, 0.25) is 0 Å². The minimum Gasteiger partial charge on any atom is -0.394 e. The average Bonchev–Trinajstić information content (AvgIpc) is 3.11. The van der Waals surface area contributed by atoms with Crippen molar-refractivity contribution < 1.29 is 14.9 Å². The molecule has 7 nitrogen and oxygen atoms in total. The molecule has 0 amide bonds. The smallest absolute Gasteiger partial charge is 0.269 e. The van der Waals surface area contributed by atoms with Gasteiger partial charge in [-0.1, -0.05) is 29.4 Å². The summed E-state index contributed by atoms with van der Waals surface area (Å²) >= 11 is 0. The maximum atomic E-state index is 10.7. The van der Waals surface area contributed by atoms with Gasteiger partial charge in [0.2, 0.25) is 0 Å². The summed E-state index contributed by atoms with van der Waals surface area (Å²) in [5.74, 6) is 0.377. The zero-order valence-corrected chi connectivity index (χ0v) is 15.9. The Bertz CT molecular complexity index is 849. The van der Waals surface area contributed by atoms with Crippen LogP contribution in [0.1, 0.15) is 48.8 Å². The number of non-ortho nitro benzene ring substituents is 1. The number of nitro benzene ring substituents is 1. The van der Waals surface area contributed by atoms with Gasteiger partial charge >= 0.3 is 0 Å². The van der Waals surface area contributed by atoms with Crippen molar-refractivity contribution >= 4 is 11.4 Å². The molecule has 0 radical (unpaired) electrons. The lowest BCUT2D eigenvalue weighted by Crippen LogP contribution is -2.40. The number of aliphatic hydroxyl groups excluding tert-OH is 1. The number of hydrogen-bond donors (Lipinski definition) is 2. The summed E-state index contributed by atoms with van der Waals surface area (Å²) in [5.41, 5.74) is 9.53. The Kier molecular flexibility index (Phi) is 6.06. The number of oxime groups is 1. The third kappa shape index (κ3) is 4.74. The van der Waals surface area contributed by atoms with Crippen molar-refractivity contribution in [3.8, 4) is 0 Å². The summed E-state index contributed by atoms with van der Waals surface area (Å²) in [4.78, 5) is 15.6. The second-order valence-electron chi connectivity index (χ2n) is 7.46. The van der Waals surface area contributed by atoms with E-state index < -0.39 is 10.5 Å². The number of nitro groups is 1.